The number of alkyl halides is 3. The minimum atomic E-state index is -4.64. The van der Waals surface area contributed by atoms with Gasteiger partial charge in [-0.2, -0.15) is 18.4 Å². The van der Waals surface area contributed by atoms with Crippen LogP contribution >= 0.6 is 0 Å². The normalized spacial score (nSPS) is 15.1. The van der Waals surface area contributed by atoms with E-state index in [1.54, 1.807) is 0 Å². The maximum absolute atomic E-state index is 11.7. The largest absolute Gasteiger partial charge is 0.616 e. The highest BCUT2D eigenvalue weighted by atomic mass is 32.2. The molecule has 0 aliphatic carbocycles. The minimum Gasteiger partial charge on any atom is -0.616 e. The van der Waals surface area contributed by atoms with Gasteiger partial charge in [0.05, 0.1) is 6.07 Å². The van der Waals surface area contributed by atoms with Gasteiger partial charge in [0.15, 0.2) is 11.7 Å². The van der Waals surface area contributed by atoms with Crippen LogP contribution in [0.25, 0.3) is 0 Å². The molecule has 0 bridgehead atoms. The van der Waals surface area contributed by atoms with Crippen molar-refractivity contribution >= 4 is 23.2 Å². The summed E-state index contributed by atoms with van der Waals surface area (Å²) < 4.78 is 45.8. The number of rotatable bonds is 5. The summed E-state index contributed by atoms with van der Waals surface area (Å²) in [5, 5.41) is 8.19. The summed E-state index contributed by atoms with van der Waals surface area (Å²) in [6.07, 6.45) is -3.60. The summed E-state index contributed by atoms with van der Waals surface area (Å²) >= 11 is -2.45. The first-order chi connectivity index (χ1) is 6.80. The fourth-order valence-electron chi connectivity index (χ4n) is 0.640. The van der Waals surface area contributed by atoms with Gasteiger partial charge in [0.25, 0.3) is 0 Å². The lowest BCUT2D eigenvalue weighted by molar-refractivity contribution is -0.117. The first kappa shape index (κ1) is 13.9. The number of hydrogen-bond acceptors (Lipinski definition) is 4. The Morgan fingerprint density at radius 2 is 2.07 bits per heavy atom. The molecule has 0 aromatic heterocycles. The molecule has 0 aliphatic rings. The van der Waals surface area contributed by atoms with Crippen LogP contribution in [0.5, 0.6) is 0 Å². The van der Waals surface area contributed by atoms with Crippen molar-refractivity contribution in [3.8, 4) is 6.07 Å². The van der Waals surface area contributed by atoms with Crippen molar-refractivity contribution in [2.75, 3.05) is 11.5 Å². The van der Waals surface area contributed by atoms with E-state index < -0.39 is 40.6 Å². The zero-order valence-electron chi connectivity index (χ0n) is 7.21. The number of nitrogens with zero attached hydrogens (tertiary/aromatic N) is 1. The first-order valence-corrected chi connectivity index (χ1v) is 5.00. The standard InChI is InChI=1S/C7H5F3NO3S/c8-7(9,10)4-15(14)3-6(13)5(1-11)2-12/h5H,3-4H2. The van der Waals surface area contributed by atoms with Crippen molar-refractivity contribution in [3.05, 3.63) is 0 Å². The molecule has 83 valence electrons. The summed E-state index contributed by atoms with van der Waals surface area (Å²) in [5.41, 5.74) is 0. The van der Waals surface area contributed by atoms with Gasteiger partial charge in [-0.3, -0.25) is 9.59 Å². The minimum absolute atomic E-state index is 0.965. The second-order valence-electron chi connectivity index (χ2n) is 2.49. The molecule has 0 fully saturated rings. The van der Waals surface area contributed by atoms with E-state index in [2.05, 4.69) is 0 Å². The molecular weight excluding hydrogens is 235 g/mol. The summed E-state index contributed by atoms with van der Waals surface area (Å²) in [6.45, 7) is 0. The van der Waals surface area contributed by atoms with Gasteiger partial charge < -0.3 is 4.55 Å². The monoisotopic (exact) mass is 240 g/mol. The number of nitriles is 1. The van der Waals surface area contributed by atoms with Crippen LogP contribution in [0.15, 0.2) is 0 Å². The molecule has 0 amide bonds. The molecule has 0 saturated heterocycles. The second kappa shape index (κ2) is 5.72. The Bertz CT molecular complexity index is 286. The predicted molar refractivity (Wildman–Crippen MR) is 43.7 cm³/mol. The van der Waals surface area contributed by atoms with Crippen molar-refractivity contribution in [2.24, 2.45) is 5.92 Å². The van der Waals surface area contributed by atoms with Crippen molar-refractivity contribution in [2.45, 2.75) is 6.18 Å². The van der Waals surface area contributed by atoms with Crippen molar-refractivity contribution in [3.63, 3.8) is 0 Å². The lowest BCUT2D eigenvalue weighted by Crippen LogP contribution is -2.30. The first-order valence-electron chi connectivity index (χ1n) is 3.52. The number of ketones is 1. The summed E-state index contributed by atoms with van der Waals surface area (Å²) in [4.78, 5) is 20.8. The maximum Gasteiger partial charge on any atom is 0.433 e. The van der Waals surface area contributed by atoms with E-state index in [9.17, 15) is 27.3 Å². The van der Waals surface area contributed by atoms with Crippen molar-refractivity contribution < 1.29 is 27.3 Å². The SMILES string of the molecule is N#CC([C]=O)C(=O)C[S+]([O-])CC(F)(F)F. The van der Waals surface area contributed by atoms with Gasteiger partial charge in [0.2, 0.25) is 17.8 Å². The van der Waals surface area contributed by atoms with Crippen LogP contribution < -0.4 is 0 Å². The lowest BCUT2D eigenvalue weighted by atomic mass is 10.1. The molecule has 0 heterocycles. The Morgan fingerprint density at radius 1 is 1.53 bits per heavy atom. The van der Waals surface area contributed by atoms with Gasteiger partial charge in [0.1, 0.15) is 0 Å². The van der Waals surface area contributed by atoms with Crippen LogP contribution in [0.4, 0.5) is 13.2 Å². The van der Waals surface area contributed by atoms with E-state index in [0.29, 0.717) is 0 Å². The topological polar surface area (TPSA) is 81.0 Å². The molecule has 15 heavy (non-hydrogen) atoms. The molecule has 0 aromatic carbocycles. The summed E-state index contributed by atoms with van der Waals surface area (Å²) in [7, 11) is 0. The molecule has 8 heteroatoms. The highest BCUT2D eigenvalue weighted by molar-refractivity contribution is 7.92. The molecule has 0 saturated carbocycles. The Kier molecular flexibility index (Phi) is 5.32. The zero-order valence-corrected chi connectivity index (χ0v) is 8.02. The van der Waals surface area contributed by atoms with E-state index in [0.717, 1.165) is 6.29 Å². The Labute approximate surface area is 86.2 Å². The lowest BCUT2D eigenvalue weighted by Gasteiger charge is -2.12. The van der Waals surface area contributed by atoms with Gasteiger partial charge in [-0.1, -0.05) is 0 Å². The number of hydrogen-bond donors (Lipinski definition) is 0. The van der Waals surface area contributed by atoms with Gasteiger partial charge in [-0.15, -0.1) is 0 Å². The van der Waals surface area contributed by atoms with E-state index in [1.165, 1.54) is 6.07 Å². The summed E-state index contributed by atoms with van der Waals surface area (Å²) in [6, 6.07) is 1.23. The zero-order chi connectivity index (χ0) is 12.1. The fraction of sp³-hybridized carbons (Fsp3) is 0.571. The van der Waals surface area contributed by atoms with Gasteiger partial charge in [-0.05, 0) is 11.2 Å². The molecule has 2 atom stereocenters. The van der Waals surface area contributed by atoms with Crippen LogP contribution in [-0.4, -0.2) is 34.3 Å². The van der Waals surface area contributed by atoms with Crippen LogP contribution in [0, 0.1) is 17.2 Å². The second-order valence-corrected chi connectivity index (χ2v) is 3.95. The Balaban J connectivity index is 4.19. The van der Waals surface area contributed by atoms with E-state index in [1.807, 2.05) is 0 Å². The van der Waals surface area contributed by atoms with Crippen LogP contribution in [-0.2, 0) is 20.8 Å². The van der Waals surface area contributed by atoms with E-state index >= 15 is 0 Å². The highest BCUT2D eigenvalue weighted by Crippen LogP contribution is 2.17. The van der Waals surface area contributed by atoms with E-state index in [-0.39, 0.29) is 0 Å². The number of carbonyl (C=O) groups is 1. The van der Waals surface area contributed by atoms with Crippen LogP contribution in [0.3, 0.4) is 0 Å². The van der Waals surface area contributed by atoms with Gasteiger partial charge in [-0.25, -0.2) is 0 Å². The Morgan fingerprint density at radius 3 is 2.40 bits per heavy atom. The van der Waals surface area contributed by atoms with E-state index in [4.69, 9.17) is 5.26 Å². The predicted octanol–water partition coefficient (Wildman–Crippen LogP) is 0.116. The maximum atomic E-state index is 11.7. The molecule has 2 unspecified atom stereocenters. The van der Waals surface area contributed by atoms with Crippen LogP contribution in [0.1, 0.15) is 0 Å². The molecule has 4 nitrogen and oxygen atoms in total. The van der Waals surface area contributed by atoms with Crippen molar-refractivity contribution in [1.29, 1.82) is 5.26 Å². The van der Waals surface area contributed by atoms with Gasteiger partial charge in [0, 0.05) is 0 Å². The third-order valence-electron chi connectivity index (χ3n) is 1.20. The average Bonchev–Trinajstić information content (AvgIpc) is 2.02. The Hall–Kier alpha value is -1.07. The molecule has 0 spiro atoms. The molecule has 0 aromatic rings. The van der Waals surface area contributed by atoms with Gasteiger partial charge >= 0.3 is 6.18 Å². The third kappa shape index (κ3) is 6.09. The number of carbonyl (C=O) groups excluding carboxylic acids is 2. The molecular formula is C7H5F3NO3S. The number of halogens is 3. The molecule has 1 radical (unpaired) electrons. The quantitative estimate of drug-likeness (QED) is 0.504. The fourth-order valence-corrected chi connectivity index (χ4v) is 1.59. The summed E-state index contributed by atoms with van der Waals surface area (Å²) in [5.74, 6) is -5.47. The molecule has 0 N–H and O–H groups in total. The highest BCUT2D eigenvalue weighted by Gasteiger charge is 2.36. The smallest absolute Gasteiger partial charge is 0.433 e. The molecule has 0 aliphatic heterocycles. The van der Waals surface area contributed by atoms with Crippen LogP contribution in [0.2, 0.25) is 0 Å². The molecule has 0 rings (SSSR count). The third-order valence-corrected chi connectivity index (χ3v) is 2.45. The average molecular weight is 240 g/mol. The van der Waals surface area contributed by atoms with Crippen molar-refractivity contribution in [1.82, 2.24) is 0 Å². The number of Topliss-reactive ketones (excluding diaryl/α,β-unsaturated/α-hetero) is 1.